The summed E-state index contributed by atoms with van der Waals surface area (Å²) in [5, 5.41) is 0.422. The molecule has 0 heterocycles. The molecule has 0 bridgehead atoms. The fraction of sp³-hybridized carbons (Fsp3) is 0.143. The first-order valence-corrected chi connectivity index (χ1v) is 9.05. The minimum atomic E-state index is -3.69. The van der Waals surface area contributed by atoms with E-state index in [1.165, 1.54) is 13.2 Å². The molecule has 0 spiro atoms. The average molecular weight is 344 g/mol. The normalized spacial score (nSPS) is 11.2. The van der Waals surface area contributed by atoms with Gasteiger partial charge in [-0.05, 0) is 48.7 Å². The van der Waals surface area contributed by atoms with Crippen LogP contribution in [0.25, 0.3) is 0 Å². The van der Waals surface area contributed by atoms with Crippen LogP contribution in [0.4, 0.5) is 5.69 Å². The van der Waals surface area contributed by atoms with E-state index in [0.29, 0.717) is 16.5 Å². The Kier molecular flexibility index (Phi) is 5.03. The Morgan fingerprint density at radius 3 is 2.38 bits per heavy atom. The summed E-state index contributed by atoms with van der Waals surface area (Å²) in [6.07, 6.45) is 1.93. The van der Waals surface area contributed by atoms with Crippen LogP contribution in [0.1, 0.15) is 0 Å². The molecule has 112 valence electrons. The summed E-state index contributed by atoms with van der Waals surface area (Å²) in [6.45, 7) is 0. The maximum Gasteiger partial charge on any atom is 0.262 e. The Hall–Kier alpha value is -1.37. The minimum absolute atomic E-state index is 0.183. The Labute approximate surface area is 133 Å². The first-order valence-electron chi connectivity index (χ1n) is 5.96. The molecule has 0 fully saturated rings. The van der Waals surface area contributed by atoms with Gasteiger partial charge in [0.15, 0.2) is 0 Å². The van der Waals surface area contributed by atoms with Crippen LogP contribution in [0.3, 0.4) is 0 Å². The number of rotatable bonds is 5. The number of hydrogen-bond donors (Lipinski definition) is 1. The molecular weight excluding hydrogens is 330 g/mol. The lowest BCUT2D eigenvalue weighted by Crippen LogP contribution is -2.13. The lowest BCUT2D eigenvalue weighted by atomic mass is 10.3. The fourth-order valence-corrected chi connectivity index (χ4v) is 3.36. The van der Waals surface area contributed by atoms with E-state index < -0.39 is 10.0 Å². The second-order valence-electron chi connectivity index (χ2n) is 4.13. The highest BCUT2D eigenvalue weighted by Gasteiger charge is 2.16. The van der Waals surface area contributed by atoms with Crippen molar-refractivity contribution in [1.29, 1.82) is 0 Å². The molecule has 2 rings (SSSR count). The number of thioether (sulfide) groups is 1. The molecule has 0 aromatic heterocycles. The second kappa shape index (κ2) is 6.60. The Balaban J connectivity index is 2.34. The van der Waals surface area contributed by atoms with E-state index in [4.69, 9.17) is 16.3 Å². The van der Waals surface area contributed by atoms with Gasteiger partial charge in [0, 0.05) is 9.92 Å². The molecule has 21 heavy (non-hydrogen) atoms. The van der Waals surface area contributed by atoms with Crippen molar-refractivity contribution in [1.82, 2.24) is 0 Å². The van der Waals surface area contributed by atoms with Crippen molar-refractivity contribution >= 4 is 39.1 Å². The highest BCUT2D eigenvalue weighted by molar-refractivity contribution is 7.98. The van der Waals surface area contributed by atoms with Gasteiger partial charge in [-0.25, -0.2) is 8.42 Å². The van der Waals surface area contributed by atoms with Crippen molar-refractivity contribution in [2.75, 3.05) is 18.1 Å². The van der Waals surface area contributed by atoms with Gasteiger partial charge in [-0.1, -0.05) is 11.6 Å². The summed E-state index contributed by atoms with van der Waals surface area (Å²) >= 11 is 7.44. The van der Waals surface area contributed by atoms with Crippen LogP contribution in [-0.4, -0.2) is 21.8 Å². The van der Waals surface area contributed by atoms with Crippen molar-refractivity contribution in [3.63, 3.8) is 0 Å². The minimum Gasteiger partial charge on any atom is -0.495 e. The maximum absolute atomic E-state index is 12.4. The summed E-state index contributed by atoms with van der Waals surface area (Å²) in [7, 11) is -2.22. The largest absolute Gasteiger partial charge is 0.495 e. The van der Waals surface area contributed by atoms with Gasteiger partial charge in [0.25, 0.3) is 10.0 Å². The smallest absolute Gasteiger partial charge is 0.262 e. The molecule has 0 aliphatic rings. The zero-order valence-corrected chi connectivity index (χ0v) is 13.8. The van der Waals surface area contributed by atoms with Crippen LogP contribution >= 0.6 is 23.4 Å². The van der Waals surface area contributed by atoms with E-state index in [1.807, 2.05) is 6.26 Å². The Bertz CT molecular complexity index is 730. The summed E-state index contributed by atoms with van der Waals surface area (Å²) in [5.74, 6) is 0.406. The standard InChI is InChI=1S/C14H14ClNO3S2/c1-19-14-8-3-10(15)9-13(14)16-21(17,18)12-6-4-11(20-2)5-7-12/h3-9,16H,1-2H3. The van der Waals surface area contributed by atoms with E-state index in [9.17, 15) is 8.42 Å². The molecule has 0 amide bonds. The number of hydrogen-bond acceptors (Lipinski definition) is 4. The van der Waals surface area contributed by atoms with E-state index in [2.05, 4.69) is 4.72 Å². The molecule has 0 saturated heterocycles. The van der Waals surface area contributed by atoms with Gasteiger partial charge in [-0.3, -0.25) is 4.72 Å². The van der Waals surface area contributed by atoms with Gasteiger partial charge in [-0.15, -0.1) is 11.8 Å². The topological polar surface area (TPSA) is 55.4 Å². The first kappa shape index (κ1) is 16.0. The molecule has 1 N–H and O–H groups in total. The third kappa shape index (κ3) is 3.84. The molecule has 2 aromatic carbocycles. The van der Waals surface area contributed by atoms with Gasteiger partial charge in [0.2, 0.25) is 0 Å². The van der Waals surface area contributed by atoms with Crippen LogP contribution in [-0.2, 0) is 10.0 Å². The highest BCUT2D eigenvalue weighted by atomic mass is 35.5. The maximum atomic E-state index is 12.4. The fourth-order valence-electron chi connectivity index (χ4n) is 1.72. The quantitative estimate of drug-likeness (QED) is 0.837. The van der Waals surface area contributed by atoms with Gasteiger partial charge in [0.05, 0.1) is 17.7 Å². The van der Waals surface area contributed by atoms with Crippen LogP contribution in [0.5, 0.6) is 5.75 Å². The van der Waals surface area contributed by atoms with Gasteiger partial charge in [0.1, 0.15) is 5.75 Å². The number of sulfonamides is 1. The predicted octanol–water partition coefficient (Wildman–Crippen LogP) is 3.87. The number of methoxy groups -OCH3 is 1. The monoisotopic (exact) mass is 343 g/mol. The van der Waals surface area contributed by atoms with E-state index >= 15 is 0 Å². The average Bonchev–Trinajstić information content (AvgIpc) is 2.47. The molecular formula is C14H14ClNO3S2. The Morgan fingerprint density at radius 1 is 1.14 bits per heavy atom. The molecule has 0 aliphatic heterocycles. The summed E-state index contributed by atoms with van der Waals surface area (Å²) in [6, 6.07) is 11.4. The van der Waals surface area contributed by atoms with E-state index in [-0.39, 0.29) is 4.90 Å². The first-order chi connectivity index (χ1) is 9.96. The lowest BCUT2D eigenvalue weighted by Gasteiger charge is -2.12. The molecule has 2 aromatic rings. The highest BCUT2D eigenvalue weighted by Crippen LogP contribution is 2.30. The molecule has 0 radical (unpaired) electrons. The zero-order valence-electron chi connectivity index (χ0n) is 11.5. The molecule has 0 saturated carbocycles. The molecule has 0 atom stereocenters. The summed E-state index contributed by atoms with van der Waals surface area (Å²) in [5.41, 5.74) is 0.305. The number of anilines is 1. The summed E-state index contributed by atoms with van der Waals surface area (Å²) < 4.78 is 32.3. The Morgan fingerprint density at radius 2 is 1.81 bits per heavy atom. The number of halogens is 1. The third-order valence-electron chi connectivity index (χ3n) is 2.78. The SMILES string of the molecule is COc1ccc(Cl)cc1NS(=O)(=O)c1ccc(SC)cc1. The van der Waals surface area contributed by atoms with Crippen molar-refractivity contribution in [3.8, 4) is 5.75 Å². The molecule has 0 unspecified atom stereocenters. The van der Waals surface area contributed by atoms with Crippen LogP contribution in [0.2, 0.25) is 5.02 Å². The van der Waals surface area contributed by atoms with E-state index in [1.54, 1.807) is 48.2 Å². The van der Waals surface area contributed by atoms with Crippen molar-refractivity contribution in [3.05, 3.63) is 47.5 Å². The zero-order chi connectivity index (χ0) is 15.5. The third-order valence-corrected chi connectivity index (χ3v) is 5.14. The van der Waals surface area contributed by atoms with Crippen LogP contribution in [0.15, 0.2) is 52.3 Å². The van der Waals surface area contributed by atoms with Gasteiger partial charge >= 0.3 is 0 Å². The van der Waals surface area contributed by atoms with Crippen molar-refractivity contribution in [2.45, 2.75) is 9.79 Å². The lowest BCUT2D eigenvalue weighted by molar-refractivity contribution is 0.417. The van der Waals surface area contributed by atoms with Gasteiger partial charge < -0.3 is 4.74 Å². The van der Waals surface area contributed by atoms with Gasteiger partial charge in [-0.2, -0.15) is 0 Å². The van der Waals surface area contributed by atoms with Crippen molar-refractivity contribution in [2.24, 2.45) is 0 Å². The molecule has 4 nitrogen and oxygen atoms in total. The predicted molar refractivity (Wildman–Crippen MR) is 87.0 cm³/mol. The summed E-state index contributed by atoms with van der Waals surface area (Å²) in [4.78, 5) is 1.18. The van der Waals surface area contributed by atoms with Crippen molar-refractivity contribution < 1.29 is 13.2 Å². The van der Waals surface area contributed by atoms with E-state index in [0.717, 1.165) is 4.90 Å². The number of benzene rings is 2. The molecule has 7 heteroatoms. The second-order valence-corrected chi connectivity index (χ2v) is 7.12. The molecule has 0 aliphatic carbocycles. The van der Waals surface area contributed by atoms with Crippen LogP contribution in [0, 0.1) is 0 Å². The number of nitrogens with one attached hydrogen (secondary N) is 1. The van der Waals surface area contributed by atoms with Crippen LogP contribution < -0.4 is 9.46 Å². The number of ether oxygens (including phenoxy) is 1.